The lowest BCUT2D eigenvalue weighted by atomic mass is 10.2. The van der Waals surface area contributed by atoms with Gasteiger partial charge in [0.1, 0.15) is 6.54 Å². The fourth-order valence-electron chi connectivity index (χ4n) is 2.83. The minimum absolute atomic E-state index is 0.493. The van der Waals surface area contributed by atoms with Gasteiger partial charge in [0.05, 0.1) is 5.69 Å². The summed E-state index contributed by atoms with van der Waals surface area (Å²) < 4.78 is 11.3. The predicted octanol–water partition coefficient (Wildman–Crippen LogP) is 2.74. The van der Waals surface area contributed by atoms with Gasteiger partial charge in [-0.25, -0.2) is 9.48 Å². The van der Waals surface area contributed by atoms with Crippen LogP contribution in [0.25, 0.3) is 0 Å². The van der Waals surface area contributed by atoms with Crippen molar-refractivity contribution in [3.63, 3.8) is 0 Å². The Hall–Kier alpha value is -2.25. The standard InChI is InChI=1S/C17H24N5O2/c1-3-23-9-4-6-15-11-17(20-19-15)22(8-5-7-18-13-22)12-16-10-14(2)21-24-16/h5,7,10-11,13H,3-4,6,8-9,12H2,1-2H3,(H,19,20)/q+1. The van der Waals surface area contributed by atoms with Crippen LogP contribution >= 0.6 is 0 Å². The Kier molecular flexibility index (Phi) is 5.22. The molecule has 24 heavy (non-hydrogen) atoms. The van der Waals surface area contributed by atoms with E-state index >= 15 is 0 Å². The molecular weight excluding hydrogens is 306 g/mol. The molecule has 0 saturated carbocycles. The van der Waals surface area contributed by atoms with Gasteiger partial charge >= 0.3 is 0 Å². The largest absolute Gasteiger partial charge is 0.382 e. The highest BCUT2D eigenvalue weighted by Gasteiger charge is 2.34. The Morgan fingerprint density at radius 2 is 2.29 bits per heavy atom. The molecule has 0 saturated heterocycles. The number of hydrogen-bond acceptors (Lipinski definition) is 5. The van der Waals surface area contributed by atoms with Crippen molar-refractivity contribution in [2.45, 2.75) is 33.2 Å². The third kappa shape index (κ3) is 3.80. The molecule has 0 amide bonds. The predicted molar refractivity (Wildman–Crippen MR) is 92.6 cm³/mol. The summed E-state index contributed by atoms with van der Waals surface area (Å²) in [6.07, 6.45) is 7.68. The molecule has 1 unspecified atom stereocenters. The Balaban J connectivity index is 1.75. The molecule has 0 spiro atoms. The van der Waals surface area contributed by atoms with Gasteiger partial charge < -0.3 is 9.26 Å². The van der Waals surface area contributed by atoms with E-state index in [9.17, 15) is 0 Å². The van der Waals surface area contributed by atoms with Crippen LogP contribution in [0.3, 0.4) is 0 Å². The Labute approximate surface area is 141 Å². The summed E-state index contributed by atoms with van der Waals surface area (Å²) in [5.74, 6) is 1.76. The number of quaternary nitrogens is 1. The molecule has 1 aliphatic rings. The zero-order chi connectivity index (χ0) is 16.8. The topological polar surface area (TPSA) is 76.3 Å². The number of aromatic nitrogens is 3. The highest BCUT2D eigenvalue weighted by atomic mass is 16.5. The van der Waals surface area contributed by atoms with Crippen molar-refractivity contribution >= 4 is 12.2 Å². The Morgan fingerprint density at radius 1 is 1.38 bits per heavy atom. The van der Waals surface area contributed by atoms with Gasteiger partial charge in [0.25, 0.3) is 5.82 Å². The number of aromatic amines is 1. The number of hydrogen-bond donors (Lipinski definition) is 1. The molecule has 2 aromatic heterocycles. The van der Waals surface area contributed by atoms with Crippen molar-refractivity contribution in [3.05, 3.63) is 41.6 Å². The van der Waals surface area contributed by atoms with Gasteiger partial charge in [0, 0.05) is 37.2 Å². The molecule has 0 fully saturated rings. The van der Waals surface area contributed by atoms with Crippen molar-refractivity contribution in [1.82, 2.24) is 19.8 Å². The maximum atomic E-state index is 5.41. The second-order valence-electron chi connectivity index (χ2n) is 6.01. The number of nitrogens with one attached hydrogen (secondary N) is 1. The summed E-state index contributed by atoms with van der Waals surface area (Å²) in [4.78, 5) is 4.34. The Bertz CT molecular complexity index is 718. The third-order valence-corrected chi connectivity index (χ3v) is 4.04. The van der Waals surface area contributed by atoms with E-state index in [-0.39, 0.29) is 0 Å². The number of aliphatic imine (C=N–C) groups is 1. The number of ether oxygens (including phenoxy) is 1. The first-order chi connectivity index (χ1) is 11.7. The van der Waals surface area contributed by atoms with Crippen LogP contribution < -0.4 is 4.48 Å². The van der Waals surface area contributed by atoms with Crippen LogP contribution in [0, 0.1) is 6.92 Å². The molecule has 7 heteroatoms. The van der Waals surface area contributed by atoms with E-state index in [0.717, 1.165) is 55.6 Å². The second kappa shape index (κ2) is 7.55. The van der Waals surface area contributed by atoms with Crippen molar-refractivity contribution in [2.24, 2.45) is 4.99 Å². The van der Waals surface area contributed by atoms with E-state index in [1.165, 1.54) is 0 Å². The minimum atomic E-state index is 0.493. The van der Waals surface area contributed by atoms with Gasteiger partial charge in [-0.3, -0.25) is 5.10 Å². The van der Waals surface area contributed by atoms with Crippen LogP contribution in [0.5, 0.6) is 0 Å². The van der Waals surface area contributed by atoms with E-state index in [1.807, 2.05) is 38.5 Å². The van der Waals surface area contributed by atoms with Gasteiger partial charge in [0.2, 0.25) is 0 Å². The molecular formula is C17H24N5O2+. The lowest BCUT2D eigenvalue weighted by Gasteiger charge is -2.29. The lowest BCUT2D eigenvalue weighted by Crippen LogP contribution is -2.48. The van der Waals surface area contributed by atoms with Crippen molar-refractivity contribution in [3.8, 4) is 0 Å². The van der Waals surface area contributed by atoms with Gasteiger partial charge in [-0.15, -0.1) is 5.10 Å². The van der Waals surface area contributed by atoms with Crippen LogP contribution in [0.2, 0.25) is 0 Å². The first kappa shape index (κ1) is 16.6. The normalized spacial score (nSPS) is 19.9. The van der Waals surface area contributed by atoms with E-state index in [4.69, 9.17) is 9.26 Å². The van der Waals surface area contributed by atoms with Gasteiger partial charge in [-0.2, -0.15) is 0 Å². The zero-order valence-corrected chi connectivity index (χ0v) is 14.2. The van der Waals surface area contributed by atoms with Crippen molar-refractivity contribution < 1.29 is 9.26 Å². The monoisotopic (exact) mass is 330 g/mol. The summed E-state index contributed by atoms with van der Waals surface area (Å²) in [7, 11) is 0. The summed E-state index contributed by atoms with van der Waals surface area (Å²) >= 11 is 0. The van der Waals surface area contributed by atoms with Crippen molar-refractivity contribution in [1.29, 1.82) is 0 Å². The fraction of sp³-hybridized carbons (Fsp3) is 0.471. The molecule has 128 valence electrons. The highest BCUT2D eigenvalue weighted by Crippen LogP contribution is 2.25. The quantitative estimate of drug-likeness (QED) is 0.596. The molecule has 3 heterocycles. The average molecular weight is 330 g/mol. The summed E-state index contributed by atoms with van der Waals surface area (Å²) in [6.45, 7) is 6.88. The van der Waals surface area contributed by atoms with E-state index in [2.05, 4.69) is 26.4 Å². The molecule has 0 radical (unpaired) electrons. The maximum Gasteiger partial charge on any atom is 0.252 e. The summed E-state index contributed by atoms with van der Waals surface area (Å²) in [5.41, 5.74) is 1.99. The van der Waals surface area contributed by atoms with E-state index < -0.39 is 0 Å². The van der Waals surface area contributed by atoms with Crippen LogP contribution in [0.15, 0.2) is 33.9 Å². The number of H-pyrrole nitrogens is 1. The first-order valence-corrected chi connectivity index (χ1v) is 8.33. The van der Waals surface area contributed by atoms with Crippen LogP contribution in [0.4, 0.5) is 5.82 Å². The van der Waals surface area contributed by atoms with E-state index in [0.29, 0.717) is 11.0 Å². The minimum Gasteiger partial charge on any atom is -0.382 e. The summed E-state index contributed by atoms with van der Waals surface area (Å²) in [5, 5.41) is 11.7. The van der Waals surface area contributed by atoms with Gasteiger partial charge in [-0.1, -0.05) is 5.16 Å². The van der Waals surface area contributed by atoms with Gasteiger partial charge in [0.15, 0.2) is 18.6 Å². The maximum absolute atomic E-state index is 5.41. The van der Waals surface area contributed by atoms with Crippen LogP contribution in [-0.4, -0.2) is 41.5 Å². The molecule has 3 rings (SSSR count). The second-order valence-corrected chi connectivity index (χ2v) is 6.01. The molecule has 1 aliphatic heterocycles. The van der Waals surface area contributed by atoms with Gasteiger partial charge in [-0.05, 0) is 32.8 Å². The summed E-state index contributed by atoms with van der Waals surface area (Å²) in [6, 6.07) is 4.07. The molecule has 1 atom stereocenters. The Morgan fingerprint density at radius 3 is 3.00 bits per heavy atom. The molecule has 0 aliphatic carbocycles. The number of rotatable bonds is 8. The molecule has 0 aromatic carbocycles. The molecule has 1 N–H and O–H groups in total. The van der Waals surface area contributed by atoms with Crippen molar-refractivity contribution in [2.75, 3.05) is 19.8 Å². The van der Waals surface area contributed by atoms with Crippen LogP contribution in [-0.2, 0) is 17.7 Å². The number of aryl methyl sites for hydroxylation is 2. The molecule has 0 bridgehead atoms. The molecule has 2 aromatic rings. The highest BCUT2D eigenvalue weighted by molar-refractivity contribution is 5.73. The fourth-order valence-corrected chi connectivity index (χ4v) is 2.83. The first-order valence-electron chi connectivity index (χ1n) is 8.33. The zero-order valence-electron chi connectivity index (χ0n) is 14.2. The van der Waals surface area contributed by atoms with E-state index in [1.54, 1.807) is 0 Å². The average Bonchev–Trinajstić information content (AvgIpc) is 3.22. The third-order valence-electron chi connectivity index (χ3n) is 4.04. The van der Waals surface area contributed by atoms with Crippen LogP contribution in [0.1, 0.15) is 30.5 Å². The smallest absolute Gasteiger partial charge is 0.252 e. The SMILES string of the molecule is CCOCCCc1cc([N+]2(Cc3cc(C)no3)C=NC=CC2)n[nH]1. The molecule has 7 nitrogen and oxygen atoms in total. The lowest BCUT2D eigenvalue weighted by molar-refractivity contribution is 0.145. The number of nitrogens with zero attached hydrogens (tertiary/aromatic N) is 4.